The Morgan fingerprint density at radius 3 is 2.60 bits per heavy atom. The number of amides is 1. The molecule has 1 amide bonds. The van der Waals surface area contributed by atoms with E-state index in [1.165, 1.54) is 0 Å². The number of anilines is 1. The predicted molar refractivity (Wildman–Crippen MR) is 89.1 cm³/mol. The maximum atomic E-state index is 13.0. The second-order valence-electron chi connectivity index (χ2n) is 5.64. The predicted octanol–water partition coefficient (Wildman–Crippen LogP) is 4.88. The van der Waals surface area contributed by atoms with E-state index >= 15 is 0 Å². The van der Waals surface area contributed by atoms with Crippen molar-refractivity contribution in [3.63, 3.8) is 0 Å². The summed E-state index contributed by atoms with van der Waals surface area (Å²) in [5.41, 5.74) is 0.914. The molecule has 8 heteroatoms. The van der Waals surface area contributed by atoms with Gasteiger partial charge < -0.3 is 5.32 Å². The van der Waals surface area contributed by atoms with Crippen LogP contribution in [0.4, 0.5) is 18.9 Å². The zero-order valence-electron chi connectivity index (χ0n) is 13.3. The number of benzene rings is 1. The highest BCUT2D eigenvalue weighted by atomic mass is 35.5. The number of halogens is 4. The van der Waals surface area contributed by atoms with Crippen molar-refractivity contribution in [1.29, 1.82) is 0 Å². The Balaban J connectivity index is 2.10. The summed E-state index contributed by atoms with van der Waals surface area (Å²) in [5.74, 6) is -0.564. The second kappa shape index (κ2) is 6.07. The van der Waals surface area contributed by atoms with E-state index in [1.807, 2.05) is 13.0 Å². The Morgan fingerprint density at radius 2 is 1.96 bits per heavy atom. The molecule has 0 aliphatic rings. The topological polar surface area (TPSA) is 46.4 Å². The fourth-order valence-electron chi connectivity index (χ4n) is 2.56. The summed E-state index contributed by atoms with van der Waals surface area (Å²) in [6, 6.07) is 7.88. The summed E-state index contributed by atoms with van der Waals surface area (Å²) < 4.78 is 40.2. The lowest BCUT2D eigenvalue weighted by Crippen LogP contribution is -2.16. The number of hydrogen-bond acceptors (Lipinski definition) is 2. The molecule has 0 saturated carbocycles. The summed E-state index contributed by atoms with van der Waals surface area (Å²) in [5, 5.41) is 2.50. The van der Waals surface area contributed by atoms with Crippen molar-refractivity contribution < 1.29 is 18.0 Å². The van der Waals surface area contributed by atoms with Gasteiger partial charge in [-0.15, -0.1) is 0 Å². The number of carbonyl (C=O) groups is 1. The highest BCUT2D eigenvalue weighted by Crippen LogP contribution is 2.33. The Morgan fingerprint density at radius 1 is 1.24 bits per heavy atom. The molecule has 2 aromatic heterocycles. The molecule has 0 radical (unpaired) electrons. The average molecular weight is 368 g/mol. The number of hydrogen-bond donors (Lipinski definition) is 1. The van der Waals surface area contributed by atoms with Crippen LogP contribution < -0.4 is 5.32 Å². The number of aromatic nitrogens is 2. The molecular weight excluding hydrogens is 355 g/mol. The first-order valence-electron chi connectivity index (χ1n) is 7.30. The van der Waals surface area contributed by atoms with Crippen LogP contribution in [0.25, 0.3) is 5.65 Å². The third kappa shape index (κ3) is 3.32. The molecule has 0 fully saturated rings. The maximum Gasteiger partial charge on any atom is 0.417 e. The van der Waals surface area contributed by atoms with Crippen LogP contribution in [-0.2, 0) is 6.18 Å². The molecule has 0 bridgehead atoms. The SMILES string of the molecule is Cc1cccc(NC(=O)c2c(C)nc3c(Cl)cc(C(F)(F)F)cn23)c1. The van der Waals surface area contributed by atoms with Crippen molar-refractivity contribution in [2.24, 2.45) is 0 Å². The van der Waals surface area contributed by atoms with Gasteiger partial charge in [0, 0.05) is 11.9 Å². The fourth-order valence-corrected chi connectivity index (χ4v) is 2.81. The van der Waals surface area contributed by atoms with Crippen LogP contribution in [0.2, 0.25) is 5.02 Å². The summed E-state index contributed by atoms with van der Waals surface area (Å²) in [7, 11) is 0. The largest absolute Gasteiger partial charge is 0.417 e. The Bertz CT molecular complexity index is 979. The van der Waals surface area contributed by atoms with Gasteiger partial charge in [0.15, 0.2) is 5.65 Å². The van der Waals surface area contributed by atoms with Crippen LogP contribution in [0.1, 0.15) is 27.3 Å². The van der Waals surface area contributed by atoms with Gasteiger partial charge in [0.25, 0.3) is 5.91 Å². The summed E-state index contributed by atoms with van der Waals surface area (Å²) in [4.78, 5) is 16.7. The summed E-state index contributed by atoms with van der Waals surface area (Å²) in [6.45, 7) is 3.41. The standard InChI is InChI=1S/C17H13ClF3N3O/c1-9-4-3-5-12(6-9)23-16(25)14-10(2)22-15-13(18)7-11(8-24(14)15)17(19,20)21/h3-8H,1-2H3,(H,23,25). The van der Waals surface area contributed by atoms with Gasteiger partial charge in [-0.1, -0.05) is 23.7 Å². The lowest BCUT2D eigenvalue weighted by molar-refractivity contribution is -0.137. The lowest BCUT2D eigenvalue weighted by atomic mass is 10.2. The maximum absolute atomic E-state index is 13.0. The molecule has 130 valence electrons. The van der Waals surface area contributed by atoms with Crippen molar-refractivity contribution in [3.8, 4) is 0 Å². The molecule has 1 aromatic carbocycles. The van der Waals surface area contributed by atoms with Crippen LogP contribution in [-0.4, -0.2) is 15.3 Å². The summed E-state index contributed by atoms with van der Waals surface area (Å²) in [6.07, 6.45) is -3.76. The Labute approximate surface area is 146 Å². The summed E-state index contributed by atoms with van der Waals surface area (Å²) >= 11 is 5.92. The van der Waals surface area contributed by atoms with E-state index in [4.69, 9.17) is 11.6 Å². The zero-order chi connectivity index (χ0) is 18.4. The first kappa shape index (κ1) is 17.3. The smallest absolute Gasteiger partial charge is 0.321 e. The molecule has 3 rings (SSSR count). The van der Waals surface area contributed by atoms with Crippen molar-refractivity contribution >= 4 is 28.8 Å². The quantitative estimate of drug-likeness (QED) is 0.702. The highest BCUT2D eigenvalue weighted by molar-refractivity contribution is 6.33. The zero-order valence-corrected chi connectivity index (χ0v) is 14.0. The third-order valence-electron chi connectivity index (χ3n) is 3.67. The van der Waals surface area contributed by atoms with Crippen LogP contribution in [0.3, 0.4) is 0 Å². The Kier molecular flexibility index (Phi) is 4.20. The molecule has 0 spiro atoms. The molecule has 1 N–H and O–H groups in total. The molecule has 3 aromatic rings. The van der Waals surface area contributed by atoms with Crippen molar-refractivity contribution in [1.82, 2.24) is 9.38 Å². The number of fused-ring (bicyclic) bond motifs is 1. The van der Waals surface area contributed by atoms with Crippen LogP contribution in [0.5, 0.6) is 0 Å². The van der Waals surface area contributed by atoms with E-state index in [9.17, 15) is 18.0 Å². The number of nitrogens with one attached hydrogen (secondary N) is 1. The van der Waals surface area contributed by atoms with Gasteiger partial charge in [-0.25, -0.2) is 4.98 Å². The van der Waals surface area contributed by atoms with Crippen LogP contribution >= 0.6 is 11.6 Å². The van der Waals surface area contributed by atoms with E-state index in [-0.39, 0.29) is 22.1 Å². The van der Waals surface area contributed by atoms with Crippen molar-refractivity contribution in [3.05, 3.63) is 64.1 Å². The van der Waals surface area contributed by atoms with E-state index in [2.05, 4.69) is 10.3 Å². The number of pyridine rings is 1. The first-order valence-corrected chi connectivity index (χ1v) is 7.68. The number of nitrogens with zero attached hydrogens (tertiary/aromatic N) is 2. The third-order valence-corrected chi connectivity index (χ3v) is 3.95. The number of alkyl halides is 3. The molecule has 2 heterocycles. The molecule has 0 aliphatic carbocycles. The molecule has 0 aliphatic heterocycles. The molecule has 0 atom stereocenters. The lowest BCUT2D eigenvalue weighted by Gasteiger charge is -2.10. The molecule has 0 unspecified atom stereocenters. The fraction of sp³-hybridized carbons (Fsp3) is 0.176. The number of rotatable bonds is 2. The van der Waals surface area contributed by atoms with E-state index in [0.717, 1.165) is 22.2 Å². The van der Waals surface area contributed by atoms with Gasteiger partial charge in [0.05, 0.1) is 16.3 Å². The molecular formula is C17H13ClF3N3O. The van der Waals surface area contributed by atoms with E-state index in [0.29, 0.717) is 5.69 Å². The average Bonchev–Trinajstić information content (AvgIpc) is 2.83. The second-order valence-corrected chi connectivity index (χ2v) is 6.04. The number of carbonyl (C=O) groups excluding carboxylic acids is 1. The minimum atomic E-state index is -4.58. The van der Waals surface area contributed by atoms with Gasteiger partial charge in [0.2, 0.25) is 0 Å². The van der Waals surface area contributed by atoms with E-state index < -0.39 is 17.6 Å². The first-order chi connectivity index (χ1) is 11.7. The number of imidazole rings is 1. The van der Waals surface area contributed by atoms with Gasteiger partial charge >= 0.3 is 6.18 Å². The monoisotopic (exact) mass is 367 g/mol. The number of aryl methyl sites for hydroxylation is 2. The van der Waals surface area contributed by atoms with Gasteiger partial charge in [0.1, 0.15) is 5.69 Å². The van der Waals surface area contributed by atoms with Crippen LogP contribution in [0.15, 0.2) is 36.5 Å². The highest BCUT2D eigenvalue weighted by Gasteiger charge is 2.32. The molecule has 25 heavy (non-hydrogen) atoms. The van der Waals surface area contributed by atoms with Crippen molar-refractivity contribution in [2.75, 3.05) is 5.32 Å². The molecule has 4 nitrogen and oxygen atoms in total. The normalized spacial score (nSPS) is 11.8. The van der Waals surface area contributed by atoms with Crippen molar-refractivity contribution in [2.45, 2.75) is 20.0 Å². The van der Waals surface area contributed by atoms with E-state index in [1.54, 1.807) is 25.1 Å². The Hall–Kier alpha value is -2.54. The minimum Gasteiger partial charge on any atom is -0.321 e. The van der Waals surface area contributed by atoms with Gasteiger partial charge in [-0.3, -0.25) is 9.20 Å². The van der Waals surface area contributed by atoms with Crippen LogP contribution in [0, 0.1) is 13.8 Å². The molecule has 0 saturated heterocycles. The van der Waals surface area contributed by atoms with Gasteiger partial charge in [-0.05, 0) is 37.6 Å². The van der Waals surface area contributed by atoms with Gasteiger partial charge in [-0.2, -0.15) is 13.2 Å². The minimum absolute atomic E-state index is 0.00417.